The number of nitrogens with one attached hydrogen (secondary N) is 2. The highest BCUT2D eigenvalue weighted by atomic mass is 19.1. The molecule has 2 amide bonds. The van der Waals surface area contributed by atoms with Crippen LogP contribution in [0, 0.1) is 5.82 Å². The van der Waals surface area contributed by atoms with Gasteiger partial charge in [0.1, 0.15) is 16.9 Å². The standard InChI is InChI=1S/C16H12FN5O3/c17-9-2-4-13-11(6-9)21-16(25-13)22-15-20-10-5-8(7-19-14(18)23)1-3-12(10)24-15/h1-6H,7H2,(H3,18,19,23)(H,20,21,22). The summed E-state index contributed by atoms with van der Waals surface area (Å²) in [7, 11) is 0. The molecule has 0 aliphatic rings. The third kappa shape index (κ3) is 3.07. The Morgan fingerprint density at radius 1 is 1.04 bits per heavy atom. The van der Waals surface area contributed by atoms with Crippen LogP contribution in [0.2, 0.25) is 0 Å². The van der Waals surface area contributed by atoms with Gasteiger partial charge in [0.25, 0.3) is 0 Å². The molecule has 0 radical (unpaired) electrons. The SMILES string of the molecule is NC(=O)NCc1ccc2oc(Nc3nc4cc(F)ccc4o3)nc2c1. The lowest BCUT2D eigenvalue weighted by molar-refractivity contribution is 0.248. The molecule has 0 bridgehead atoms. The van der Waals surface area contributed by atoms with Crippen LogP contribution in [-0.2, 0) is 6.54 Å². The van der Waals surface area contributed by atoms with Crippen LogP contribution in [0.25, 0.3) is 22.2 Å². The van der Waals surface area contributed by atoms with Crippen LogP contribution in [0.3, 0.4) is 0 Å². The molecule has 8 nitrogen and oxygen atoms in total. The predicted molar refractivity (Wildman–Crippen MR) is 87.7 cm³/mol. The molecule has 2 heterocycles. The molecule has 2 aromatic heterocycles. The van der Waals surface area contributed by atoms with Crippen LogP contribution < -0.4 is 16.4 Å². The molecule has 0 aliphatic heterocycles. The maximum Gasteiger partial charge on any atom is 0.312 e. The highest BCUT2D eigenvalue weighted by molar-refractivity contribution is 5.77. The van der Waals surface area contributed by atoms with Crippen LogP contribution >= 0.6 is 0 Å². The maximum absolute atomic E-state index is 13.2. The smallest absolute Gasteiger partial charge is 0.312 e. The number of nitrogens with two attached hydrogens (primary N) is 1. The van der Waals surface area contributed by atoms with Gasteiger partial charge in [0.05, 0.1) is 0 Å². The lowest BCUT2D eigenvalue weighted by Gasteiger charge is -2.00. The number of benzene rings is 2. The van der Waals surface area contributed by atoms with Crippen LogP contribution in [0.4, 0.5) is 21.2 Å². The van der Waals surface area contributed by atoms with Gasteiger partial charge in [-0.15, -0.1) is 0 Å². The Morgan fingerprint density at radius 3 is 2.36 bits per heavy atom. The Morgan fingerprint density at radius 2 is 1.68 bits per heavy atom. The van der Waals surface area contributed by atoms with E-state index < -0.39 is 11.8 Å². The molecule has 25 heavy (non-hydrogen) atoms. The summed E-state index contributed by atoms with van der Waals surface area (Å²) in [5.74, 6) is -0.397. The Kier molecular flexibility index (Phi) is 3.46. The predicted octanol–water partition coefficient (Wildman–Crippen LogP) is 3.02. The molecule has 4 rings (SSSR count). The molecule has 0 aliphatic carbocycles. The van der Waals surface area contributed by atoms with Crippen molar-refractivity contribution in [2.45, 2.75) is 6.54 Å². The van der Waals surface area contributed by atoms with E-state index in [4.69, 9.17) is 14.6 Å². The number of hydrogen-bond donors (Lipinski definition) is 3. The monoisotopic (exact) mass is 341 g/mol. The molecule has 9 heteroatoms. The summed E-state index contributed by atoms with van der Waals surface area (Å²) in [4.78, 5) is 19.2. The molecule has 0 spiro atoms. The van der Waals surface area contributed by atoms with Crippen LogP contribution in [0.15, 0.2) is 45.2 Å². The summed E-state index contributed by atoms with van der Waals surface area (Å²) >= 11 is 0. The third-order valence-corrected chi connectivity index (χ3v) is 3.48. The molecule has 0 saturated carbocycles. The number of hydrogen-bond acceptors (Lipinski definition) is 6. The zero-order valence-electron chi connectivity index (χ0n) is 12.7. The summed E-state index contributed by atoms with van der Waals surface area (Å²) in [6.45, 7) is 0.289. The molecule has 0 unspecified atom stereocenters. The molecule has 126 valence electrons. The van der Waals surface area contributed by atoms with Crippen molar-refractivity contribution in [3.8, 4) is 0 Å². The molecule has 4 N–H and O–H groups in total. The number of halogens is 1. The number of anilines is 2. The summed E-state index contributed by atoms with van der Waals surface area (Å²) in [5, 5.41) is 5.31. The van der Waals surface area contributed by atoms with Gasteiger partial charge in [0, 0.05) is 12.6 Å². The number of oxazole rings is 2. The number of rotatable bonds is 4. The Balaban J connectivity index is 1.58. The van der Waals surface area contributed by atoms with E-state index in [0.717, 1.165) is 5.56 Å². The number of primary amides is 1. The van der Waals surface area contributed by atoms with Crippen LogP contribution in [0.1, 0.15) is 5.56 Å². The summed E-state index contributed by atoms with van der Waals surface area (Å²) < 4.78 is 24.2. The van der Waals surface area contributed by atoms with E-state index >= 15 is 0 Å². The number of fused-ring (bicyclic) bond motifs is 2. The highest BCUT2D eigenvalue weighted by Gasteiger charge is 2.11. The minimum atomic E-state index is -0.602. The fourth-order valence-electron chi connectivity index (χ4n) is 2.37. The fourth-order valence-corrected chi connectivity index (χ4v) is 2.37. The first-order valence-corrected chi connectivity index (χ1v) is 7.33. The van der Waals surface area contributed by atoms with Gasteiger partial charge in [0.15, 0.2) is 11.2 Å². The third-order valence-electron chi connectivity index (χ3n) is 3.48. The average Bonchev–Trinajstić information content (AvgIpc) is 3.14. The van der Waals surface area contributed by atoms with Gasteiger partial charge in [-0.3, -0.25) is 5.32 Å². The quantitative estimate of drug-likeness (QED) is 0.525. The first kappa shape index (κ1) is 14.9. The van der Waals surface area contributed by atoms with E-state index in [0.29, 0.717) is 22.2 Å². The molecule has 0 saturated heterocycles. The lowest BCUT2D eigenvalue weighted by atomic mass is 10.2. The van der Waals surface area contributed by atoms with E-state index in [1.165, 1.54) is 18.2 Å². The number of amides is 2. The van der Waals surface area contributed by atoms with Gasteiger partial charge < -0.3 is 19.9 Å². The van der Waals surface area contributed by atoms with Crippen LogP contribution in [0.5, 0.6) is 0 Å². The van der Waals surface area contributed by atoms with Crippen molar-refractivity contribution in [2.75, 3.05) is 5.32 Å². The van der Waals surface area contributed by atoms with Gasteiger partial charge in [0.2, 0.25) is 0 Å². The van der Waals surface area contributed by atoms with Gasteiger partial charge in [-0.1, -0.05) is 6.07 Å². The number of aromatic nitrogens is 2. The van der Waals surface area contributed by atoms with Crippen LogP contribution in [-0.4, -0.2) is 16.0 Å². The molecule has 0 fully saturated rings. The van der Waals surface area contributed by atoms with E-state index in [2.05, 4.69) is 20.6 Å². The normalized spacial score (nSPS) is 11.1. The minimum Gasteiger partial charge on any atom is -0.423 e. The van der Waals surface area contributed by atoms with Crippen molar-refractivity contribution < 1.29 is 18.0 Å². The van der Waals surface area contributed by atoms with Gasteiger partial charge in [-0.05, 0) is 29.8 Å². The first-order valence-electron chi connectivity index (χ1n) is 7.33. The van der Waals surface area contributed by atoms with Crippen molar-refractivity contribution in [1.29, 1.82) is 0 Å². The van der Waals surface area contributed by atoms with E-state index in [1.54, 1.807) is 18.2 Å². The Hall–Kier alpha value is -3.62. The lowest BCUT2D eigenvalue weighted by Crippen LogP contribution is -2.28. The minimum absolute atomic E-state index is 0.141. The second-order valence-corrected chi connectivity index (χ2v) is 5.29. The largest absolute Gasteiger partial charge is 0.423 e. The molecule has 0 atom stereocenters. The van der Waals surface area contributed by atoms with Crippen molar-refractivity contribution in [1.82, 2.24) is 15.3 Å². The van der Waals surface area contributed by atoms with E-state index in [1.807, 2.05) is 0 Å². The summed E-state index contributed by atoms with van der Waals surface area (Å²) in [5.41, 5.74) is 7.84. The zero-order chi connectivity index (χ0) is 17.4. The topological polar surface area (TPSA) is 119 Å². The zero-order valence-corrected chi connectivity index (χ0v) is 12.7. The van der Waals surface area contributed by atoms with E-state index in [9.17, 15) is 9.18 Å². The Bertz CT molecular complexity index is 1090. The average molecular weight is 341 g/mol. The number of nitrogens with zero attached hydrogens (tertiary/aromatic N) is 2. The first-order chi connectivity index (χ1) is 12.1. The van der Waals surface area contributed by atoms with Crippen molar-refractivity contribution in [3.63, 3.8) is 0 Å². The second-order valence-electron chi connectivity index (χ2n) is 5.29. The molecular weight excluding hydrogens is 329 g/mol. The summed E-state index contributed by atoms with van der Waals surface area (Å²) in [6.07, 6.45) is 0. The maximum atomic E-state index is 13.2. The number of carbonyl (C=O) groups excluding carboxylic acids is 1. The van der Waals surface area contributed by atoms with Gasteiger partial charge in [-0.25, -0.2) is 9.18 Å². The van der Waals surface area contributed by atoms with E-state index in [-0.39, 0.29) is 18.6 Å². The van der Waals surface area contributed by atoms with Gasteiger partial charge in [-0.2, -0.15) is 9.97 Å². The van der Waals surface area contributed by atoms with Gasteiger partial charge >= 0.3 is 18.1 Å². The van der Waals surface area contributed by atoms with Crippen molar-refractivity contribution >= 4 is 40.3 Å². The molecular formula is C16H12FN5O3. The number of carbonyl (C=O) groups is 1. The van der Waals surface area contributed by atoms with Crippen molar-refractivity contribution in [3.05, 3.63) is 47.8 Å². The fraction of sp³-hybridized carbons (Fsp3) is 0.0625. The summed E-state index contributed by atoms with van der Waals surface area (Å²) in [6, 6.07) is 9.06. The second kappa shape index (κ2) is 5.78. The van der Waals surface area contributed by atoms with Crippen molar-refractivity contribution in [2.24, 2.45) is 5.73 Å². The highest BCUT2D eigenvalue weighted by Crippen LogP contribution is 2.25. The molecule has 2 aromatic carbocycles. The number of urea groups is 1. The molecule has 4 aromatic rings. The Labute approximate surface area is 139 Å².